The Morgan fingerprint density at radius 2 is 2.17 bits per heavy atom. The predicted octanol–water partition coefficient (Wildman–Crippen LogP) is 2.44. The van der Waals surface area contributed by atoms with Crippen LogP contribution >= 0.6 is 11.6 Å². The molecule has 0 saturated carbocycles. The van der Waals surface area contributed by atoms with Crippen LogP contribution in [0.5, 0.6) is 5.75 Å². The molecule has 0 fully saturated rings. The number of esters is 1. The molecule has 0 amide bonds. The molecule has 2 heterocycles. The zero-order valence-electron chi connectivity index (χ0n) is 11.9. The van der Waals surface area contributed by atoms with Gasteiger partial charge in [-0.1, -0.05) is 11.6 Å². The summed E-state index contributed by atoms with van der Waals surface area (Å²) in [6.45, 7) is 0. The molecular weight excluding hydrogens is 338 g/mol. The lowest BCUT2D eigenvalue weighted by atomic mass is 10.2. The number of hydrogen-bond donors (Lipinski definition) is 0. The zero-order valence-corrected chi connectivity index (χ0v) is 12.6. The van der Waals surface area contributed by atoms with Crippen LogP contribution in [0.4, 0.5) is 5.69 Å². The number of carbonyl (C=O) groups excluding carboxylic acids is 1. The monoisotopic (exact) mass is 345 g/mol. The van der Waals surface area contributed by atoms with Gasteiger partial charge in [0.1, 0.15) is 29.0 Å². The first-order chi connectivity index (χ1) is 11.6. The van der Waals surface area contributed by atoms with E-state index in [-0.39, 0.29) is 27.8 Å². The molecule has 24 heavy (non-hydrogen) atoms. The van der Waals surface area contributed by atoms with Crippen LogP contribution in [0.1, 0.15) is 10.4 Å². The van der Waals surface area contributed by atoms with Crippen LogP contribution in [0, 0.1) is 10.1 Å². The maximum absolute atomic E-state index is 12.4. The van der Waals surface area contributed by atoms with Crippen molar-refractivity contribution < 1.29 is 14.5 Å². The van der Waals surface area contributed by atoms with Crippen molar-refractivity contribution in [2.75, 3.05) is 0 Å². The summed E-state index contributed by atoms with van der Waals surface area (Å²) < 4.78 is 6.53. The molecule has 0 spiro atoms. The number of pyridine rings is 1. The average molecular weight is 346 g/mol. The summed E-state index contributed by atoms with van der Waals surface area (Å²) in [6.07, 6.45) is 4.19. The van der Waals surface area contributed by atoms with Gasteiger partial charge in [-0.3, -0.25) is 10.1 Å². The third-order valence-corrected chi connectivity index (χ3v) is 3.27. The van der Waals surface area contributed by atoms with E-state index in [1.54, 1.807) is 6.07 Å². The fraction of sp³-hybridized carbons (Fsp3) is 0. The second-order valence-corrected chi connectivity index (χ2v) is 4.88. The molecule has 10 heteroatoms. The molecule has 0 aliphatic carbocycles. The fourth-order valence-corrected chi connectivity index (χ4v) is 2.16. The number of ether oxygens (including phenoxy) is 1. The summed E-state index contributed by atoms with van der Waals surface area (Å²) in [7, 11) is 0. The largest absolute Gasteiger partial charge is 0.423 e. The van der Waals surface area contributed by atoms with Gasteiger partial charge in [-0.15, -0.1) is 0 Å². The number of nitrogens with zero attached hydrogens (tertiary/aromatic N) is 5. The second kappa shape index (κ2) is 6.42. The van der Waals surface area contributed by atoms with Crippen molar-refractivity contribution in [3.8, 4) is 11.6 Å². The van der Waals surface area contributed by atoms with Gasteiger partial charge in [0.2, 0.25) is 0 Å². The number of hydrogen-bond acceptors (Lipinski definition) is 7. The van der Waals surface area contributed by atoms with Gasteiger partial charge in [0, 0.05) is 18.3 Å². The number of nitro benzene ring substituents is 1. The maximum atomic E-state index is 12.4. The van der Waals surface area contributed by atoms with E-state index in [9.17, 15) is 14.9 Å². The van der Waals surface area contributed by atoms with Crippen LogP contribution in [-0.2, 0) is 0 Å². The van der Waals surface area contributed by atoms with Gasteiger partial charge in [0.25, 0.3) is 5.69 Å². The summed E-state index contributed by atoms with van der Waals surface area (Å²) in [6, 6.07) is 6.72. The van der Waals surface area contributed by atoms with Crippen molar-refractivity contribution in [1.82, 2.24) is 19.7 Å². The van der Waals surface area contributed by atoms with Crippen molar-refractivity contribution in [1.29, 1.82) is 0 Å². The van der Waals surface area contributed by atoms with E-state index in [2.05, 4.69) is 15.1 Å². The highest BCUT2D eigenvalue weighted by Crippen LogP contribution is 2.29. The van der Waals surface area contributed by atoms with Crippen molar-refractivity contribution in [3.63, 3.8) is 0 Å². The van der Waals surface area contributed by atoms with Crippen molar-refractivity contribution in [3.05, 3.63) is 69.9 Å². The molecule has 0 unspecified atom stereocenters. The third kappa shape index (κ3) is 3.06. The minimum atomic E-state index is -0.710. The molecule has 3 aromatic rings. The molecule has 0 radical (unpaired) electrons. The topological polar surface area (TPSA) is 113 Å². The number of aromatic nitrogens is 4. The molecule has 0 aliphatic rings. The molecule has 2 aromatic heterocycles. The number of carbonyl (C=O) groups is 1. The van der Waals surface area contributed by atoms with Crippen LogP contribution in [0.2, 0.25) is 5.02 Å². The highest BCUT2D eigenvalue weighted by Gasteiger charge is 2.18. The van der Waals surface area contributed by atoms with Crippen LogP contribution in [-0.4, -0.2) is 30.6 Å². The Hall–Kier alpha value is -3.33. The van der Waals surface area contributed by atoms with Crippen LogP contribution < -0.4 is 4.74 Å². The summed E-state index contributed by atoms with van der Waals surface area (Å²) in [5.74, 6) is -0.393. The number of benzene rings is 1. The first kappa shape index (κ1) is 15.6. The van der Waals surface area contributed by atoms with Gasteiger partial charge >= 0.3 is 5.97 Å². The van der Waals surface area contributed by atoms with Crippen molar-refractivity contribution >= 4 is 23.3 Å². The molecule has 0 saturated heterocycles. The lowest BCUT2D eigenvalue weighted by molar-refractivity contribution is -0.384. The normalized spacial score (nSPS) is 10.4. The Balaban J connectivity index is 1.89. The smallest absolute Gasteiger partial charge is 0.347 e. The van der Waals surface area contributed by atoms with Gasteiger partial charge in [-0.05, 0) is 18.2 Å². The van der Waals surface area contributed by atoms with E-state index in [0.29, 0.717) is 0 Å². The van der Waals surface area contributed by atoms with E-state index < -0.39 is 10.9 Å². The van der Waals surface area contributed by atoms with Gasteiger partial charge in [-0.2, -0.15) is 5.10 Å². The lowest BCUT2D eigenvalue weighted by Gasteiger charge is -2.08. The lowest BCUT2D eigenvalue weighted by Crippen LogP contribution is -2.14. The Kier molecular flexibility index (Phi) is 4.17. The average Bonchev–Trinajstić information content (AvgIpc) is 3.09. The molecule has 0 atom stereocenters. The summed E-state index contributed by atoms with van der Waals surface area (Å²) >= 11 is 5.80. The summed E-state index contributed by atoms with van der Waals surface area (Å²) in [4.78, 5) is 30.4. The van der Waals surface area contributed by atoms with E-state index in [1.165, 1.54) is 41.7 Å². The first-order valence-corrected chi connectivity index (χ1v) is 6.90. The molecule has 3 rings (SSSR count). The van der Waals surface area contributed by atoms with Gasteiger partial charge in [0.05, 0.1) is 4.92 Å². The third-order valence-electron chi connectivity index (χ3n) is 2.97. The van der Waals surface area contributed by atoms with Crippen molar-refractivity contribution in [2.24, 2.45) is 0 Å². The predicted molar refractivity (Wildman–Crippen MR) is 82.2 cm³/mol. The van der Waals surface area contributed by atoms with Gasteiger partial charge in [-0.25, -0.2) is 19.4 Å². The highest BCUT2D eigenvalue weighted by molar-refractivity contribution is 6.32. The molecule has 0 bridgehead atoms. The number of rotatable bonds is 4. The highest BCUT2D eigenvalue weighted by atomic mass is 35.5. The SMILES string of the molecule is O=C(Oc1ccc([N+](=O)[O-])c(Cl)c1)c1cccnc1-n1cncn1. The molecular formula is C14H8ClN5O4. The standard InChI is InChI=1S/C14H8ClN5O4/c15-11-6-9(3-4-12(11)20(22)23)24-14(21)10-2-1-5-17-13(10)19-8-16-7-18-19/h1-8H. The van der Waals surface area contributed by atoms with E-state index in [0.717, 1.165) is 6.07 Å². The Morgan fingerprint density at radius 1 is 1.33 bits per heavy atom. The van der Waals surface area contributed by atoms with E-state index in [1.807, 2.05) is 0 Å². The maximum Gasteiger partial charge on any atom is 0.347 e. The molecule has 120 valence electrons. The van der Waals surface area contributed by atoms with Crippen LogP contribution in [0.15, 0.2) is 49.2 Å². The second-order valence-electron chi connectivity index (χ2n) is 4.47. The minimum absolute atomic E-state index is 0.0731. The van der Waals surface area contributed by atoms with E-state index >= 15 is 0 Å². The van der Waals surface area contributed by atoms with E-state index in [4.69, 9.17) is 16.3 Å². The molecule has 0 N–H and O–H groups in total. The number of nitro groups is 1. The quantitative estimate of drug-likeness (QED) is 0.309. The number of halogens is 1. The Bertz CT molecular complexity index is 913. The minimum Gasteiger partial charge on any atom is -0.423 e. The van der Waals surface area contributed by atoms with Crippen LogP contribution in [0.3, 0.4) is 0 Å². The van der Waals surface area contributed by atoms with Gasteiger partial charge in [0.15, 0.2) is 5.82 Å². The van der Waals surface area contributed by atoms with Crippen LogP contribution in [0.25, 0.3) is 5.82 Å². The fourth-order valence-electron chi connectivity index (χ4n) is 1.92. The summed E-state index contributed by atoms with van der Waals surface area (Å²) in [5.41, 5.74) is -0.126. The molecule has 1 aromatic carbocycles. The molecule has 0 aliphatic heterocycles. The Labute approximate surface area is 139 Å². The van der Waals surface area contributed by atoms with Crippen molar-refractivity contribution in [2.45, 2.75) is 0 Å². The molecule has 9 nitrogen and oxygen atoms in total. The zero-order chi connectivity index (χ0) is 17.1. The first-order valence-electron chi connectivity index (χ1n) is 6.52. The Morgan fingerprint density at radius 3 is 2.83 bits per heavy atom. The van der Waals surface area contributed by atoms with Gasteiger partial charge < -0.3 is 4.74 Å². The summed E-state index contributed by atoms with van der Waals surface area (Å²) in [5, 5.41) is 14.5.